The average molecular weight is 478 g/mol. The van der Waals surface area contributed by atoms with Gasteiger partial charge in [-0.25, -0.2) is 14.8 Å². The minimum absolute atomic E-state index is 0.155. The number of carbonyl (C=O) groups is 1. The third-order valence-corrected chi connectivity index (χ3v) is 5.93. The van der Waals surface area contributed by atoms with Crippen LogP contribution in [-0.4, -0.2) is 51.9 Å². The van der Waals surface area contributed by atoms with Crippen molar-refractivity contribution in [3.05, 3.63) is 47.3 Å². The molecule has 1 aliphatic rings. The average Bonchev–Trinajstić information content (AvgIpc) is 2.77. The molecule has 0 spiro atoms. The molecule has 1 aliphatic heterocycles. The number of hydrogen-bond acceptors (Lipinski definition) is 7. The third kappa shape index (κ3) is 6.06. The van der Waals surface area contributed by atoms with E-state index in [4.69, 9.17) is 19.4 Å². The largest absolute Gasteiger partial charge is 0.444 e. The van der Waals surface area contributed by atoms with Crippen LogP contribution in [0.2, 0.25) is 0 Å². The zero-order valence-corrected chi connectivity index (χ0v) is 21.7. The Kier molecular flexibility index (Phi) is 6.94. The van der Waals surface area contributed by atoms with Crippen molar-refractivity contribution in [2.24, 2.45) is 0 Å². The second-order valence-electron chi connectivity index (χ2n) is 10.4. The van der Waals surface area contributed by atoms with Crippen molar-refractivity contribution < 1.29 is 14.3 Å². The van der Waals surface area contributed by atoms with Gasteiger partial charge in [-0.3, -0.25) is 4.98 Å². The summed E-state index contributed by atoms with van der Waals surface area (Å²) in [5.74, 6) is 0.987. The molecule has 8 heteroatoms. The van der Waals surface area contributed by atoms with Gasteiger partial charge in [0.1, 0.15) is 11.4 Å². The molecule has 1 amide bonds. The Morgan fingerprint density at radius 2 is 1.83 bits per heavy atom. The number of rotatable bonds is 4. The molecule has 1 N–H and O–H groups in total. The number of fused-ring (bicyclic) bond motifs is 1. The van der Waals surface area contributed by atoms with Gasteiger partial charge in [0.25, 0.3) is 0 Å². The zero-order chi connectivity index (χ0) is 25.3. The lowest BCUT2D eigenvalue weighted by atomic mass is 10.1. The molecule has 4 heterocycles. The van der Waals surface area contributed by atoms with Crippen molar-refractivity contribution in [1.82, 2.24) is 20.3 Å². The standard InChI is InChI=1S/C27H35N5O3/c1-16-10-24(31-25(19(16)4)32-14-17(2)34-18(3)15-32)22-9-8-20-12-28-21(11-23(20)30-22)13-29-26(33)35-27(5,6)7/h8-12,17-18H,13-15H2,1-7H3,(H,29,33)/t17-,18+. The first-order valence-electron chi connectivity index (χ1n) is 12.1. The van der Waals surface area contributed by atoms with Gasteiger partial charge in [-0.2, -0.15) is 0 Å². The van der Waals surface area contributed by atoms with E-state index in [1.807, 2.05) is 39.0 Å². The summed E-state index contributed by atoms with van der Waals surface area (Å²) in [5.41, 5.74) is 4.94. The minimum Gasteiger partial charge on any atom is -0.444 e. The van der Waals surface area contributed by atoms with Gasteiger partial charge in [-0.05, 0) is 83.9 Å². The topological polar surface area (TPSA) is 89.5 Å². The first-order valence-corrected chi connectivity index (χ1v) is 12.1. The maximum atomic E-state index is 12.0. The lowest BCUT2D eigenvalue weighted by Crippen LogP contribution is -2.46. The number of aromatic nitrogens is 3. The van der Waals surface area contributed by atoms with Gasteiger partial charge in [0.2, 0.25) is 0 Å². The molecule has 1 saturated heterocycles. The minimum atomic E-state index is -0.549. The molecule has 0 unspecified atom stereocenters. The van der Waals surface area contributed by atoms with Crippen molar-refractivity contribution >= 4 is 22.8 Å². The Morgan fingerprint density at radius 3 is 2.51 bits per heavy atom. The van der Waals surface area contributed by atoms with Crippen LogP contribution in [0, 0.1) is 13.8 Å². The lowest BCUT2D eigenvalue weighted by Gasteiger charge is -2.37. The van der Waals surface area contributed by atoms with Crippen molar-refractivity contribution in [1.29, 1.82) is 0 Å². The number of alkyl carbamates (subject to hydrolysis) is 1. The molecular weight excluding hydrogens is 442 g/mol. The summed E-state index contributed by atoms with van der Waals surface area (Å²) in [6, 6.07) is 7.97. The van der Waals surface area contributed by atoms with Crippen LogP contribution < -0.4 is 10.2 Å². The van der Waals surface area contributed by atoms with E-state index in [0.717, 1.165) is 41.2 Å². The zero-order valence-electron chi connectivity index (χ0n) is 21.7. The molecule has 3 aromatic heterocycles. The van der Waals surface area contributed by atoms with E-state index in [1.54, 1.807) is 6.20 Å². The van der Waals surface area contributed by atoms with Crippen LogP contribution in [0.15, 0.2) is 30.5 Å². The van der Waals surface area contributed by atoms with Crippen LogP contribution in [0.25, 0.3) is 22.3 Å². The molecule has 0 radical (unpaired) electrons. The summed E-state index contributed by atoms with van der Waals surface area (Å²) in [4.78, 5) is 28.7. The van der Waals surface area contributed by atoms with Gasteiger partial charge in [-0.1, -0.05) is 0 Å². The van der Waals surface area contributed by atoms with Gasteiger partial charge in [0, 0.05) is 24.7 Å². The van der Waals surface area contributed by atoms with Gasteiger partial charge in [-0.15, -0.1) is 0 Å². The smallest absolute Gasteiger partial charge is 0.407 e. The van der Waals surface area contributed by atoms with E-state index in [-0.39, 0.29) is 18.8 Å². The summed E-state index contributed by atoms with van der Waals surface area (Å²) >= 11 is 0. The molecule has 2 atom stereocenters. The highest BCUT2D eigenvalue weighted by Crippen LogP contribution is 2.29. The van der Waals surface area contributed by atoms with Crippen molar-refractivity contribution in [2.75, 3.05) is 18.0 Å². The predicted molar refractivity (Wildman–Crippen MR) is 138 cm³/mol. The molecular formula is C27H35N5O3. The molecule has 0 aliphatic carbocycles. The highest BCUT2D eigenvalue weighted by atomic mass is 16.6. The Morgan fingerprint density at radius 1 is 1.11 bits per heavy atom. The van der Waals surface area contributed by atoms with E-state index in [9.17, 15) is 4.79 Å². The first-order chi connectivity index (χ1) is 16.5. The van der Waals surface area contributed by atoms with Gasteiger partial charge < -0.3 is 19.7 Å². The lowest BCUT2D eigenvalue weighted by molar-refractivity contribution is -0.00549. The monoisotopic (exact) mass is 477 g/mol. The fourth-order valence-corrected chi connectivity index (χ4v) is 4.28. The van der Waals surface area contributed by atoms with Crippen LogP contribution in [0.3, 0.4) is 0 Å². The summed E-state index contributed by atoms with van der Waals surface area (Å²) in [6.45, 7) is 15.8. The van der Waals surface area contributed by atoms with E-state index in [1.165, 1.54) is 11.1 Å². The number of nitrogens with zero attached hydrogens (tertiary/aromatic N) is 4. The number of amides is 1. The predicted octanol–water partition coefficient (Wildman–Crippen LogP) is 4.95. The van der Waals surface area contributed by atoms with Gasteiger partial charge >= 0.3 is 6.09 Å². The normalized spacial score (nSPS) is 18.5. The Labute approximate surface area is 207 Å². The summed E-state index contributed by atoms with van der Waals surface area (Å²) in [6.07, 6.45) is 1.61. The van der Waals surface area contributed by atoms with Crippen LogP contribution in [0.5, 0.6) is 0 Å². The maximum Gasteiger partial charge on any atom is 0.407 e. The van der Waals surface area contributed by atoms with Gasteiger partial charge in [0.15, 0.2) is 0 Å². The van der Waals surface area contributed by atoms with Crippen LogP contribution in [0.4, 0.5) is 10.6 Å². The fourth-order valence-electron chi connectivity index (χ4n) is 4.28. The number of carbonyl (C=O) groups excluding carboxylic acids is 1. The second kappa shape index (κ2) is 9.77. The van der Waals surface area contributed by atoms with Crippen molar-refractivity contribution in [2.45, 2.75) is 72.8 Å². The molecule has 0 bridgehead atoms. The number of nitrogens with one attached hydrogen (secondary N) is 1. The maximum absolute atomic E-state index is 12.0. The van der Waals surface area contributed by atoms with E-state index < -0.39 is 11.7 Å². The van der Waals surface area contributed by atoms with Crippen LogP contribution in [-0.2, 0) is 16.0 Å². The Hall–Kier alpha value is -3.26. The Balaban J connectivity index is 1.61. The molecule has 1 fully saturated rings. The molecule has 35 heavy (non-hydrogen) atoms. The van der Waals surface area contributed by atoms with E-state index in [2.05, 4.69) is 49.0 Å². The highest BCUT2D eigenvalue weighted by Gasteiger charge is 2.25. The van der Waals surface area contributed by atoms with Crippen molar-refractivity contribution in [3.63, 3.8) is 0 Å². The SMILES string of the molecule is Cc1cc(-c2ccc3cnc(CNC(=O)OC(C)(C)C)cc3n2)nc(N2C[C@@H](C)O[C@@H](C)C2)c1C. The third-order valence-electron chi connectivity index (χ3n) is 5.93. The molecule has 4 rings (SSSR count). The molecule has 0 aromatic carbocycles. The first kappa shape index (κ1) is 24.9. The summed E-state index contributed by atoms with van der Waals surface area (Å²) in [5, 5.41) is 3.68. The number of morpholine rings is 1. The number of ether oxygens (including phenoxy) is 2. The molecule has 3 aromatic rings. The summed E-state index contributed by atoms with van der Waals surface area (Å²) in [7, 11) is 0. The second-order valence-corrected chi connectivity index (χ2v) is 10.4. The Bertz CT molecular complexity index is 1230. The number of anilines is 1. The number of hydrogen-bond donors (Lipinski definition) is 1. The molecule has 8 nitrogen and oxygen atoms in total. The fraction of sp³-hybridized carbons (Fsp3) is 0.481. The number of aryl methyl sites for hydroxylation is 1. The van der Waals surface area contributed by atoms with Gasteiger partial charge in [0.05, 0.1) is 41.4 Å². The van der Waals surface area contributed by atoms with E-state index >= 15 is 0 Å². The summed E-state index contributed by atoms with van der Waals surface area (Å²) < 4.78 is 11.2. The van der Waals surface area contributed by atoms with E-state index in [0.29, 0.717) is 5.69 Å². The highest BCUT2D eigenvalue weighted by molar-refractivity contribution is 5.81. The number of pyridine rings is 3. The quantitative estimate of drug-likeness (QED) is 0.569. The van der Waals surface area contributed by atoms with Crippen LogP contribution in [0.1, 0.15) is 51.4 Å². The molecule has 0 saturated carbocycles. The molecule has 186 valence electrons. The van der Waals surface area contributed by atoms with Crippen LogP contribution >= 0.6 is 0 Å². The van der Waals surface area contributed by atoms with Crippen molar-refractivity contribution in [3.8, 4) is 11.4 Å².